The van der Waals surface area contributed by atoms with E-state index in [2.05, 4.69) is 39.2 Å². The SMILES string of the molecule is CCC1CN(Cc2cc(-c3ccc(O)cc3F)nc3n[nH]c(C)c23)C(CC)CN1. The second kappa shape index (κ2) is 8.08. The quantitative estimate of drug-likeness (QED) is 0.611. The van der Waals surface area contributed by atoms with Crippen LogP contribution in [-0.2, 0) is 6.54 Å². The summed E-state index contributed by atoms with van der Waals surface area (Å²) in [6.07, 6.45) is 2.16. The third-order valence-corrected chi connectivity index (χ3v) is 5.97. The van der Waals surface area contributed by atoms with E-state index in [-0.39, 0.29) is 5.75 Å². The van der Waals surface area contributed by atoms with E-state index >= 15 is 0 Å². The Labute approximate surface area is 170 Å². The van der Waals surface area contributed by atoms with Crippen molar-refractivity contribution >= 4 is 11.0 Å². The molecule has 2 unspecified atom stereocenters. The molecule has 0 saturated carbocycles. The number of hydrogen-bond donors (Lipinski definition) is 3. The molecule has 7 heteroatoms. The van der Waals surface area contributed by atoms with Gasteiger partial charge in [-0.25, -0.2) is 9.37 Å². The zero-order valence-corrected chi connectivity index (χ0v) is 17.2. The van der Waals surface area contributed by atoms with E-state index in [1.54, 1.807) is 6.07 Å². The van der Waals surface area contributed by atoms with E-state index in [0.717, 1.165) is 55.2 Å². The Morgan fingerprint density at radius 2 is 2.07 bits per heavy atom. The van der Waals surface area contributed by atoms with Crippen LogP contribution < -0.4 is 5.32 Å². The number of benzene rings is 1. The minimum Gasteiger partial charge on any atom is -0.508 e. The Morgan fingerprint density at radius 1 is 1.24 bits per heavy atom. The summed E-state index contributed by atoms with van der Waals surface area (Å²) in [5, 5.41) is 21.5. The highest BCUT2D eigenvalue weighted by atomic mass is 19.1. The third kappa shape index (κ3) is 3.84. The van der Waals surface area contributed by atoms with E-state index < -0.39 is 5.82 Å². The maximum absolute atomic E-state index is 14.5. The number of aromatic nitrogens is 3. The van der Waals surface area contributed by atoms with Crippen molar-refractivity contribution < 1.29 is 9.50 Å². The molecule has 1 fully saturated rings. The molecule has 3 N–H and O–H groups in total. The second-order valence-electron chi connectivity index (χ2n) is 7.88. The highest BCUT2D eigenvalue weighted by Crippen LogP contribution is 2.30. The number of phenols is 1. The summed E-state index contributed by atoms with van der Waals surface area (Å²) in [5.41, 5.74) is 3.56. The van der Waals surface area contributed by atoms with Gasteiger partial charge in [-0.2, -0.15) is 5.10 Å². The summed E-state index contributed by atoms with van der Waals surface area (Å²) in [5.74, 6) is -0.588. The molecular weight excluding hydrogens is 369 g/mol. The summed E-state index contributed by atoms with van der Waals surface area (Å²) in [7, 11) is 0. The number of H-pyrrole nitrogens is 1. The van der Waals surface area contributed by atoms with Gasteiger partial charge in [0, 0.05) is 54.4 Å². The predicted octanol–water partition coefficient (Wildman–Crippen LogP) is 3.74. The molecule has 0 amide bonds. The first-order chi connectivity index (χ1) is 14.0. The fourth-order valence-electron chi connectivity index (χ4n) is 4.26. The average Bonchev–Trinajstić information content (AvgIpc) is 3.09. The molecule has 3 heterocycles. The number of phenolic OH excluding ortho intramolecular Hbond substituents is 1. The van der Waals surface area contributed by atoms with Crippen molar-refractivity contribution in [2.45, 2.75) is 52.2 Å². The topological polar surface area (TPSA) is 77.1 Å². The maximum Gasteiger partial charge on any atom is 0.182 e. The van der Waals surface area contributed by atoms with Crippen LogP contribution >= 0.6 is 0 Å². The van der Waals surface area contributed by atoms with Crippen LogP contribution in [0, 0.1) is 12.7 Å². The Balaban J connectivity index is 1.77. The van der Waals surface area contributed by atoms with E-state index in [1.807, 2.05) is 13.0 Å². The number of aromatic amines is 1. The molecule has 29 heavy (non-hydrogen) atoms. The molecule has 0 spiro atoms. The van der Waals surface area contributed by atoms with Crippen molar-refractivity contribution in [3.63, 3.8) is 0 Å². The Morgan fingerprint density at radius 3 is 2.79 bits per heavy atom. The Kier molecular flexibility index (Phi) is 5.52. The maximum atomic E-state index is 14.5. The van der Waals surface area contributed by atoms with Crippen molar-refractivity contribution in [3.05, 3.63) is 41.3 Å². The lowest BCUT2D eigenvalue weighted by Gasteiger charge is -2.40. The van der Waals surface area contributed by atoms with Crippen LogP contribution in [0.15, 0.2) is 24.3 Å². The molecule has 1 saturated heterocycles. The number of nitrogens with zero attached hydrogens (tertiary/aromatic N) is 3. The summed E-state index contributed by atoms with van der Waals surface area (Å²) >= 11 is 0. The van der Waals surface area contributed by atoms with Gasteiger partial charge in [-0.05, 0) is 43.5 Å². The zero-order chi connectivity index (χ0) is 20.5. The lowest BCUT2D eigenvalue weighted by Crippen LogP contribution is -2.55. The van der Waals surface area contributed by atoms with Crippen molar-refractivity contribution in [1.82, 2.24) is 25.4 Å². The van der Waals surface area contributed by atoms with Gasteiger partial charge in [-0.15, -0.1) is 0 Å². The molecule has 3 aromatic rings. The van der Waals surface area contributed by atoms with Gasteiger partial charge >= 0.3 is 0 Å². The average molecular weight is 397 g/mol. The molecule has 1 aromatic carbocycles. The number of aromatic hydroxyl groups is 1. The van der Waals surface area contributed by atoms with Gasteiger partial charge in [-0.1, -0.05) is 13.8 Å². The molecule has 4 rings (SSSR count). The van der Waals surface area contributed by atoms with Crippen LogP contribution in [-0.4, -0.2) is 50.4 Å². The van der Waals surface area contributed by atoms with E-state index in [0.29, 0.717) is 29.0 Å². The first-order valence-corrected chi connectivity index (χ1v) is 10.3. The van der Waals surface area contributed by atoms with Crippen LogP contribution in [0.2, 0.25) is 0 Å². The number of rotatable bonds is 5. The minimum atomic E-state index is -0.491. The number of nitrogens with one attached hydrogen (secondary N) is 2. The standard InChI is InChI=1S/C22H28FN5O/c1-4-15-12-28(16(5-2)10-24-15)11-14-8-20(18-7-6-17(29)9-19(18)23)25-22-21(14)13(3)26-27-22/h6-9,15-16,24,29H,4-5,10-12H2,1-3H3,(H,25,26,27). The van der Waals surface area contributed by atoms with Crippen molar-refractivity contribution in [2.75, 3.05) is 13.1 Å². The summed E-state index contributed by atoms with van der Waals surface area (Å²) in [4.78, 5) is 7.10. The van der Waals surface area contributed by atoms with Gasteiger partial charge in [-0.3, -0.25) is 10.00 Å². The van der Waals surface area contributed by atoms with Crippen molar-refractivity contribution in [1.29, 1.82) is 0 Å². The van der Waals surface area contributed by atoms with Gasteiger partial charge < -0.3 is 10.4 Å². The lowest BCUT2D eigenvalue weighted by molar-refractivity contribution is 0.118. The van der Waals surface area contributed by atoms with Gasteiger partial charge in [0.1, 0.15) is 11.6 Å². The fourth-order valence-corrected chi connectivity index (χ4v) is 4.26. The molecule has 1 aliphatic rings. The fraction of sp³-hybridized carbons (Fsp3) is 0.455. The van der Waals surface area contributed by atoms with Crippen molar-refractivity contribution in [2.24, 2.45) is 0 Å². The van der Waals surface area contributed by atoms with Crippen LogP contribution in [0.3, 0.4) is 0 Å². The van der Waals surface area contributed by atoms with Gasteiger partial charge in [0.2, 0.25) is 0 Å². The first kappa shape index (κ1) is 19.8. The monoisotopic (exact) mass is 397 g/mol. The molecule has 0 radical (unpaired) electrons. The third-order valence-electron chi connectivity index (χ3n) is 5.97. The molecular formula is C22H28FN5O. The number of aryl methyl sites for hydroxylation is 1. The van der Waals surface area contributed by atoms with Crippen molar-refractivity contribution in [3.8, 4) is 17.0 Å². The van der Waals surface area contributed by atoms with Crippen LogP contribution in [0.4, 0.5) is 4.39 Å². The predicted molar refractivity (Wildman–Crippen MR) is 112 cm³/mol. The smallest absolute Gasteiger partial charge is 0.182 e. The Bertz CT molecular complexity index is 1020. The number of hydrogen-bond acceptors (Lipinski definition) is 5. The van der Waals surface area contributed by atoms with Crippen LogP contribution in [0.25, 0.3) is 22.3 Å². The summed E-state index contributed by atoms with van der Waals surface area (Å²) in [6.45, 7) is 9.15. The van der Waals surface area contributed by atoms with Crippen LogP contribution in [0.1, 0.15) is 37.9 Å². The molecule has 0 bridgehead atoms. The molecule has 2 atom stereocenters. The lowest BCUT2D eigenvalue weighted by atomic mass is 10.0. The Hall–Kier alpha value is -2.51. The number of pyridine rings is 1. The largest absolute Gasteiger partial charge is 0.508 e. The highest BCUT2D eigenvalue weighted by molar-refractivity contribution is 5.84. The van der Waals surface area contributed by atoms with E-state index in [4.69, 9.17) is 0 Å². The molecule has 1 aliphatic heterocycles. The zero-order valence-electron chi connectivity index (χ0n) is 17.2. The first-order valence-electron chi connectivity index (χ1n) is 10.3. The molecule has 0 aliphatic carbocycles. The van der Waals surface area contributed by atoms with Gasteiger partial charge in [0.05, 0.1) is 5.69 Å². The van der Waals surface area contributed by atoms with Gasteiger partial charge in [0.15, 0.2) is 5.65 Å². The summed E-state index contributed by atoms with van der Waals surface area (Å²) in [6, 6.07) is 7.07. The van der Waals surface area contributed by atoms with Crippen LogP contribution in [0.5, 0.6) is 5.75 Å². The number of fused-ring (bicyclic) bond motifs is 1. The highest BCUT2D eigenvalue weighted by Gasteiger charge is 2.27. The molecule has 154 valence electrons. The second-order valence-corrected chi connectivity index (χ2v) is 7.88. The molecule has 6 nitrogen and oxygen atoms in total. The summed E-state index contributed by atoms with van der Waals surface area (Å²) < 4.78 is 14.5. The minimum absolute atomic E-state index is 0.0969. The van der Waals surface area contributed by atoms with E-state index in [9.17, 15) is 9.50 Å². The van der Waals surface area contributed by atoms with Gasteiger partial charge in [0.25, 0.3) is 0 Å². The van der Waals surface area contributed by atoms with E-state index in [1.165, 1.54) is 6.07 Å². The normalized spacial score (nSPS) is 20.4. The number of halogens is 1. The number of piperazine rings is 1. The molecule has 2 aromatic heterocycles.